The number of hydrogen-bond acceptors (Lipinski definition) is 6. The predicted octanol–water partition coefficient (Wildman–Crippen LogP) is 3.34. The largest absolute Gasteiger partial charge is 0.573 e. The molecule has 0 radical (unpaired) electrons. The van der Waals surface area contributed by atoms with Crippen LogP contribution in [0.4, 0.5) is 22.4 Å². The van der Waals surface area contributed by atoms with Gasteiger partial charge in [-0.15, -0.1) is 18.3 Å². The quantitative estimate of drug-likeness (QED) is 0.560. The maximum absolute atomic E-state index is 13.6. The molecule has 3 aromatic rings. The Morgan fingerprint density at radius 1 is 1.03 bits per heavy atom. The Kier molecular flexibility index (Phi) is 5.69. The summed E-state index contributed by atoms with van der Waals surface area (Å²) in [6, 6.07) is 7.65. The van der Waals surface area contributed by atoms with Gasteiger partial charge in [0.1, 0.15) is 23.7 Å². The van der Waals surface area contributed by atoms with Gasteiger partial charge in [-0.05, 0) is 35.9 Å². The van der Waals surface area contributed by atoms with Gasteiger partial charge in [-0.1, -0.05) is 5.21 Å². The molecule has 1 N–H and O–H groups in total. The SMILES string of the molecule is O=C(OCc1cc(F)cc(OC(F)(F)F)c1)N1CC2CN(C(=O)c3ccc4[nH]nnc4c3)CC2C1. The Balaban J connectivity index is 1.15. The topological polar surface area (TPSA) is 101 Å². The summed E-state index contributed by atoms with van der Waals surface area (Å²) in [6.07, 6.45) is -5.62. The Labute approximate surface area is 195 Å². The number of likely N-dealkylation sites (tertiary alicyclic amines) is 2. The molecule has 2 fully saturated rings. The standard InChI is InChI=1S/C22H19F4N5O4/c23-16-3-12(4-17(6-16)35-22(24,25)26)11-34-21(33)31-9-14-7-30(8-15(14)10-31)20(32)13-1-2-18-19(5-13)28-29-27-18/h1-6,14-15H,7-11H2,(H,27,28,29). The van der Waals surface area contributed by atoms with Gasteiger partial charge in [-0.3, -0.25) is 9.89 Å². The van der Waals surface area contributed by atoms with Gasteiger partial charge in [0.2, 0.25) is 0 Å². The van der Waals surface area contributed by atoms with Crippen LogP contribution in [0.5, 0.6) is 5.75 Å². The first-order valence-corrected chi connectivity index (χ1v) is 10.7. The lowest BCUT2D eigenvalue weighted by molar-refractivity contribution is -0.274. The number of halogens is 4. The van der Waals surface area contributed by atoms with Gasteiger partial charge in [-0.25, -0.2) is 9.18 Å². The first-order valence-electron chi connectivity index (χ1n) is 10.7. The number of aromatic amines is 1. The molecule has 2 aromatic carbocycles. The molecule has 13 heteroatoms. The highest BCUT2D eigenvalue weighted by atomic mass is 19.4. The lowest BCUT2D eigenvalue weighted by Crippen LogP contribution is -2.35. The van der Waals surface area contributed by atoms with Crippen molar-refractivity contribution in [3.05, 3.63) is 53.3 Å². The monoisotopic (exact) mass is 493 g/mol. The van der Waals surface area contributed by atoms with Crippen molar-refractivity contribution in [2.45, 2.75) is 13.0 Å². The number of amides is 2. The lowest BCUT2D eigenvalue weighted by Gasteiger charge is -2.21. The molecule has 2 amide bonds. The normalized spacial score (nSPS) is 19.8. The second-order valence-electron chi connectivity index (χ2n) is 8.58. The number of ether oxygens (including phenoxy) is 2. The summed E-state index contributed by atoms with van der Waals surface area (Å²) in [6.45, 7) is 1.30. The molecule has 0 spiro atoms. The third kappa shape index (κ3) is 4.98. The fraction of sp³-hybridized carbons (Fsp3) is 0.364. The van der Waals surface area contributed by atoms with E-state index >= 15 is 0 Å². The molecule has 9 nitrogen and oxygen atoms in total. The number of benzene rings is 2. The summed E-state index contributed by atoms with van der Waals surface area (Å²) in [7, 11) is 0. The van der Waals surface area contributed by atoms with Gasteiger partial charge in [-0.2, -0.15) is 0 Å². The van der Waals surface area contributed by atoms with Crippen LogP contribution in [0.3, 0.4) is 0 Å². The predicted molar refractivity (Wildman–Crippen MR) is 112 cm³/mol. The number of carbonyl (C=O) groups excluding carboxylic acids is 2. The number of alkyl halides is 3. The molecule has 2 aliphatic rings. The molecule has 2 atom stereocenters. The van der Waals surface area contributed by atoms with Gasteiger partial charge in [0, 0.05) is 49.6 Å². The molecule has 35 heavy (non-hydrogen) atoms. The summed E-state index contributed by atoms with van der Waals surface area (Å²) >= 11 is 0. The second kappa shape index (κ2) is 8.71. The number of aromatic nitrogens is 3. The number of nitrogens with one attached hydrogen (secondary N) is 1. The van der Waals surface area contributed by atoms with E-state index in [0.29, 0.717) is 43.3 Å². The van der Waals surface area contributed by atoms with Gasteiger partial charge < -0.3 is 19.3 Å². The van der Waals surface area contributed by atoms with Crippen LogP contribution in [0.2, 0.25) is 0 Å². The molecule has 0 saturated carbocycles. The van der Waals surface area contributed by atoms with Crippen molar-refractivity contribution in [1.29, 1.82) is 0 Å². The number of fused-ring (bicyclic) bond motifs is 2. The van der Waals surface area contributed by atoms with Crippen molar-refractivity contribution in [3.63, 3.8) is 0 Å². The van der Waals surface area contributed by atoms with E-state index in [4.69, 9.17) is 4.74 Å². The van der Waals surface area contributed by atoms with Crippen LogP contribution in [0.15, 0.2) is 36.4 Å². The van der Waals surface area contributed by atoms with Gasteiger partial charge in [0.15, 0.2) is 0 Å². The van der Waals surface area contributed by atoms with Crippen LogP contribution < -0.4 is 4.74 Å². The minimum atomic E-state index is -4.97. The van der Waals surface area contributed by atoms with Crippen molar-refractivity contribution >= 4 is 23.0 Å². The summed E-state index contributed by atoms with van der Waals surface area (Å²) < 4.78 is 59.7. The molecule has 0 bridgehead atoms. The highest BCUT2D eigenvalue weighted by Gasteiger charge is 2.43. The number of carbonyl (C=O) groups is 2. The molecule has 2 saturated heterocycles. The maximum Gasteiger partial charge on any atom is 0.573 e. The van der Waals surface area contributed by atoms with Crippen LogP contribution in [-0.4, -0.2) is 69.8 Å². The minimum absolute atomic E-state index is 0.0258. The smallest absolute Gasteiger partial charge is 0.445 e. The highest BCUT2D eigenvalue weighted by molar-refractivity contribution is 5.97. The van der Waals surface area contributed by atoms with Crippen molar-refractivity contribution < 1.29 is 36.6 Å². The average molecular weight is 493 g/mol. The lowest BCUT2D eigenvalue weighted by atomic mass is 10.0. The summed E-state index contributed by atoms with van der Waals surface area (Å²) in [5.74, 6) is -1.65. The summed E-state index contributed by atoms with van der Waals surface area (Å²) in [5, 5.41) is 10.4. The average Bonchev–Trinajstić information content (AvgIpc) is 3.49. The van der Waals surface area contributed by atoms with Crippen LogP contribution in [-0.2, 0) is 11.3 Å². The van der Waals surface area contributed by atoms with Crippen molar-refractivity contribution in [1.82, 2.24) is 25.2 Å². The van der Waals surface area contributed by atoms with Crippen LogP contribution >= 0.6 is 0 Å². The zero-order valence-electron chi connectivity index (χ0n) is 18.1. The Hall–Kier alpha value is -3.90. The van der Waals surface area contributed by atoms with E-state index in [9.17, 15) is 27.2 Å². The third-order valence-corrected chi connectivity index (χ3v) is 6.13. The summed E-state index contributed by atoms with van der Waals surface area (Å²) in [5.41, 5.74) is 1.86. The second-order valence-corrected chi connectivity index (χ2v) is 8.58. The summed E-state index contributed by atoms with van der Waals surface area (Å²) in [4.78, 5) is 28.6. The molecule has 0 aliphatic carbocycles. The molecule has 2 unspecified atom stereocenters. The number of nitrogens with zero attached hydrogens (tertiary/aromatic N) is 4. The molecular formula is C22H19F4N5O4. The minimum Gasteiger partial charge on any atom is -0.445 e. The molecule has 2 aliphatic heterocycles. The zero-order valence-corrected chi connectivity index (χ0v) is 18.1. The number of H-pyrrole nitrogens is 1. The van der Waals surface area contributed by atoms with E-state index < -0.39 is 30.6 Å². The maximum atomic E-state index is 13.6. The first-order chi connectivity index (χ1) is 16.6. The van der Waals surface area contributed by atoms with Crippen molar-refractivity contribution in [3.8, 4) is 5.75 Å². The molecule has 1 aromatic heterocycles. The van der Waals surface area contributed by atoms with Crippen molar-refractivity contribution in [2.24, 2.45) is 11.8 Å². The van der Waals surface area contributed by atoms with E-state index in [0.717, 1.165) is 17.6 Å². The van der Waals surface area contributed by atoms with Crippen LogP contribution in [0.25, 0.3) is 11.0 Å². The Bertz CT molecular complexity index is 1270. The van der Waals surface area contributed by atoms with Crippen LogP contribution in [0.1, 0.15) is 15.9 Å². The zero-order chi connectivity index (χ0) is 24.7. The fourth-order valence-electron chi connectivity index (χ4n) is 4.60. The number of hydrogen-bond donors (Lipinski definition) is 1. The molecular weight excluding hydrogens is 474 g/mol. The molecule has 184 valence electrons. The van der Waals surface area contributed by atoms with E-state index in [1.807, 2.05) is 0 Å². The van der Waals surface area contributed by atoms with Gasteiger partial charge >= 0.3 is 12.5 Å². The van der Waals surface area contributed by atoms with E-state index in [-0.39, 0.29) is 23.3 Å². The Morgan fingerprint density at radius 3 is 2.46 bits per heavy atom. The van der Waals surface area contributed by atoms with E-state index in [2.05, 4.69) is 20.1 Å². The third-order valence-electron chi connectivity index (χ3n) is 6.13. The Morgan fingerprint density at radius 2 is 1.74 bits per heavy atom. The first kappa shape index (κ1) is 22.9. The highest BCUT2D eigenvalue weighted by Crippen LogP contribution is 2.33. The van der Waals surface area contributed by atoms with Gasteiger partial charge in [0.05, 0.1) is 5.52 Å². The number of rotatable bonds is 4. The van der Waals surface area contributed by atoms with Crippen molar-refractivity contribution in [2.75, 3.05) is 26.2 Å². The van der Waals surface area contributed by atoms with E-state index in [1.54, 1.807) is 23.1 Å². The van der Waals surface area contributed by atoms with Gasteiger partial charge in [0.25, 0.3) is 5.91 Å². The van der Waals surface area contributed by atoms with E-state index in [1.165, 1.54) is 4.90 Å². The molecule has 3 heterocycles. The molecule has 5 rings (SSSR count). The van der Waals surface area contributed by atoms with Crippen LogP contribution in [0, 0.1) is 17.7 Å². The fourth-order valence-corrected chi connectivity index (χ4v) is 4.60.